The van der Waals surface area contributed by atoms with E-state index in [4.69, 9.17) is 0 Å². The molecule has 1 fully saturated rings. The predicted octanol–water partition coefficient (Wildman–Crippen LogP) is 13.5. The van der Waals surface area contributed by atoms with Gasteiger partial charge in [-0.1, -0.05) is 135 Å². The zero-order chi connectivity index (χ0) is 35.5. The van der Waals surface area contributed by atoms with E-state index in [0.717, 1.165) is 0 Å². The van der Waals surface area contributed by atoms with Gasteiger partial charge in [-0.3, -0.25) is 0 Å². The van der Waals surface area contributed by atoms with Crippen molar-refractivity contribution in [1.29, 1.82) is 0 Å². The van der Waals surface area contributed by atoms with E-state index in [1.165, 1.54) is 80.4 Å². The Morgan fingerprint density at radius 1 is 0.509 bits per heavy atom. The molecule has 2 aliphatic carbocycles. The van der Waals surface area contributed by atoms with Crippen LogP contribution in [0.25, 0.3) is 49.7 Å². The van der Waals surface area contributed by atoms with Gasteiger partial charge in [0.2, 0.25) is 0 Å². The first-order valence-corrected chi connectivity index (χ1v) is 19.3. The maximum atomic E-state index is 2.66. The molecule has 0 spiro atoms. The number of nitrogens with zero attached hydrogens (tertiary/aromatic N) is 2. The Balaban J connectivity index is 1.02. The van der Waals surface area contributed by atoms with Crippen LogP contribution in [-0.2, 0) is 5.41 Å². The summed E-state index contributed by atoms with van der Waals surface area (Å²) in [5.41, 5.74) is 14.5. The van der Waals surface area contributed by atoms with Crippen LogP contribution in [0.3, 0.4) is 0 Å². The van der Waals surface area contributed by atoms with E-state index in [-0.39, 0.29) is 5.41 Å². The van der Waals surface area contributed by atoms with E-state index in [1.807, 2.05) is 0 Å². The van der Waals surface area contributed by atoms with Gasteiger partial charge in [0.1, 0.15) is 0 Å². The zero-order valence-corrected chi connectivity index (χ0v) is 30.5. The highest BCUT2D eigenvalue weighted by atomic mass is 15.2. The summed E-state index contributed by atoms with van der Waals surface area (Å²) in [6, 6.07) is 65.5. The summed E-state index contributed by atoms with van der Waals surface area (Å²) in [4.78, 5) is 2.66. The molecule has 3 atom stereocenters. The van der Waals surface area contributed by atoms with E-state index in [2.05, 4.69) is 199 Å². The summed E-state index contributed by atoms with van der Waals surface area (Å²) in [5, 5.41) is 2.56. The topological polar surface area (TPSA) is 8.17 Å². The van der Waals surface area contributed by atoms with Crippen molar-refractivity contribution >= 4 is 33.2 Å². The van der Waals surface area contributed by atoms with Crippen LogP contribution in [0, 0.1) is 5.92 Å². The molecule has 258 valence electrons. The molecule has 2 aliphatic rings. The maximum Gasteiger partial charge on any atom is 0.0541 e. The highest BCUT2D eigenvalue weighted by Crippen LogP contribution is 2.57. The summed E-state index contributed by atoms with van der Waals surface area (Å²) in [7, 11) is 0. The molecule has 0 aliphatic heterocycles. The molecule has 0 saturated heterocycles. The first-order valence-electron chi connectivity index (χ1n) is 19.3. The number of aromatic nitrogens is 1. The number of para-hydroxylation sites is 2. The minimum atomic E-state index is 0.162. The highest BCUT2D eigenvalue weighted by Gasteiger charge is 2.49. The van der Waals surface area contributed by atoms with Crippen LogP contribution in [0.4, 0.5) is 11.4 Å². The lowest BCUT2D eigenvalue weighted by Gasteiger charge is -2.44. The van der Waals surface area contributed by atoms with Crippen LogP contribution in [0.15, 0.2) is 176 Å². The number of rotatable bonds is 6. The number of fused-ring (bicyclic) bond motifs is 6. The molecule has 1 aromatic heterocycles. The van der Waals surface area contributed by atoms with Crippen LogP contribution >= 0.6 is 0 Å². The Morgan fingerprint density at radius 3 is 1.81 bits per heavy atom. The number of hydrogen-bond acceptors (Lipinski definition) is 1. The lowest BCUT2D eigenvalue weighted by molar-refractivity contribution is 0.213. The summed E-state index contributed by atoms with van der Waals surface area (Å²) < 4.78 is 2.39. The lowest BCUT2D eigenvalue weighted by atomic mass is 9.68. The van der Waals surface area contributed by atoms with Crippen molar-refractivity contribution in [3.8, 4) is 27.9 Å². The third kappa shape index (κ3) is 5.31. The van der Waals surface area contributed by atoms with Gasteiger partial charge in [-0.2, -0.15) is 0 Å². The van der Waals surface area contributed by atoms with Crippen LogP contribution < -0.4 is 4.90 Å². The maximum absolute atomic E-state index is 2.66. The number of anilines is 2. The van der Waals surface area contributed by atoms with Crippen molar-refractivity contribution in [2.75, 3.05) is 4.90 Å². The molecule has 53 heavy (non-hydrogen) atoms. The molecule has 2 heteroatoms. The summed E-state index contributed by atoms with van der Waals surface area (Å²) >= 11 is 0. The molecule has 2 nitrogen and oxygen atoms in total. The van der Waals surface area contributed by atoms with Gasteiger partial charge in [0.25, 0.3) is 0 Å². The average molecular weight is 685 g/mol. The van der Waals surface area contributed by atoms with E-state index < -0.39 is 0 Å². The van der Waals surface area contributed by atoms with Crippen molar-refractivity contribution in [2.24, 2.45) is 5.92 Å². The zero-order valence-electron chi connectivity index (χ0n) is 30.5. The van der Waals surface area contributed by atoms with Gasteiger partial charge in [-0.05, 0) is 124 Å². The first kappa shape index (κ1) is 31.8. The number of benzene rings is 7. The Kier molecular flexibility index (Phi) is 7.61. The molecular formula is C51H44N2. The monoisotopic (exact) mass is 684 g/mol. The molecule has 0 bridgehead atoms. The SMILES string of the molecule is CC1(C)c2ccccc2C2CCC(N(c3ccc(-c4ccccc4)cc3)c3ccc(-c4ccc5c(c4)c4ccccc4n5-c4ccccc4)cc3)CC21. The Hall–Kier alpha value is -5.86. The van der Waals surface area contributed by atoms with Gasteiger partial charge in [-0.25, -0.2) is 0 Å². The third-order valence-electron chi connectivity index (χ3n) is 12.6. The first-order chi connectivity index (χ1) is 26.0. The Morgan fingerprint density at radius 2 is 1.08 bits per heavy atom. The highest BCUT2D eigenvalue weighted by molar-refractivity contribution is 6.10. The number of hydrogen-bond donors (Lipinski definition) is 0. The van der Waals surface area contributed by atoms with Crippen molar-refractivity contribution in [2.45, 2.75) is 50.5 Å². The molecule has 1 heterocycles. The third-order valence-corrected chi connectivity index (χ3v) is 12.6. The van der Waals surface area contributed by atoms with Gasteiger partial charge in [0, 0.05) is 33.9 Å². The predicted molar refractivity (Wildman–Crippen MR) is 224 cm³/mol. The molecule has 10 rings (SSSR count). The van der Waals surface area contributed by atoms with Gasteiger partial charge in [-0.15, -0.1) is 0 Å². The van der Waals surface area contributed by atoms with E-state index in [1.54, 1.807) is 11.1 Å². The van der Waals surface area contributed by atoms with Crippen molar-refractivity contribution < 1.29 is 0 Å². The second-order valence-electron chi connectivity index (χ2n) is 15.7. The van der Waals surface area contributed by atoms with Crippen molar-refractivity contribution in [3.63, 3.8) is 0 Å². The van der Waals surface area contributed by atoms with Gasteiger partial charge in [0.05, 0.1) is 11.0 Å². The fraction of sp³-hybridized carbons (Fsp3) is 0.176. The smallest absolute Gasteiger partial charge is 0.0541 e. The van der Waals surface area contributed by atoms with Gasteiger partial charge in [0.15, 0.2) is 0 Å². The Bertz CT molecular complexity index is 2560. The largest absolute Gasteiger partial charge is 0.338 e. The van der Waals surface area contributed by atoms with Crippen LogP contribution in [0.1, 0.15) is 50.2 Å². The quantitative estimate of drug-likeness (QED) is 0.169. The van der Waals surface area contributed by atoms with Crippen LogP contribution in [-0.4, -0.2) is 10.6 Å². The van der Waals surface area contributed by atoms with E-state index in [0.29, 0.717) is 17.9 Å². The fourth-order valence-electron chi connectivity index (χ4n) is 10.00. The molecule has 7 aromatic carbocycles. The normalized spacial score (nSPS) is 18.9. The van der Waals surface area contributed by atoms with E-state index >= 15 is 0 Å². The van der Waals surface area contributed by atoms with Crippen molar-refractivity contribution in [1.82, 2.24) is 4.57 Å². The molecule has 0 N–H and O–H groups in total. The molecule has 0 amide bonds. The van der Waals surface area contributed by atoms with Gasteiger partial charge < -0.3 is 9.47 Å². The van der Waals surface area contributed by atoms with Crippen LogP contribution in [0.5, 0.6) is 0 Å². The minimum absolute atomic E-state index is 0.162. The Labute approximate surface area is 313 Å². The summed E-state index contributed by atoms with van der Waals surface area (Å²) in [5.74, 6) is 1.26. The van der Waals surface area contributed by atoms with Crippen molar-refractivity contribution in [3.05, 3.63) is 187 Å². The fourth-order valence-corrected chi connectivity index (χ4v) is 10.00. The van der Waals surface area contributed by atoms with E-state index in [9.17, 15) is 0 Å². The molecule has 8 aromatic rings. The molecular weight excluding hydrogens is 641 g/mol. The van der Waals surface area contributed by atoms with Gasteiger partial charge >= 0.3 is 0 Å². The van der Waals surface area contributed by atoms with Crippen LogP contribution in [0.2, 0.25) is 0 Å². The standard InChI is InChI=1S/C51H44N2/c1-51(2)47-19-11-9-17-43(47)44-31-30-42(34-48(44)51)52(40-26-21-36(22-27-40)35-13-5-3-6-14-35)41-28-23-37(24-29-41)38-25-32-50-46(33-38)45-18-10-12-20-49(45)53(50)39-15-7-4-8-16-39/h3-29,32-33,42,44,48H,30-31,34H2,1-2H3. The summed E-state index contributed by atoms with van der Waals surface area (Å²) in [6.07, 6.45) is 3.58. The lowest BCUT2D eigenvalue weighted by Crippen LogP contribution is -2.41. The summed E-state index contributed by atoms with van der Waals surface area (Å²) in [6.45, 7) is 4.97. The second kappa shape index (κ2) is 12.7. The molecule has 3 unspecified atom stereocenters. The average Bonchev–Trinajstić information content (AvgIpc) is 3.67. The second-order valence-corrected chi connectivity index (χ2v) is 15.7. The molecule has 1 saturated carbocycles. The molecule has 0 radical (unpaired) electrons. The minimum Gasteiger partial charge on any atom is -0.338 e.